The molecule has 1 saturated heterocycles. The molecular weight excluding hydrogens is 329 g/mol. The van der Waals surface area contributed by atoms with Crippen LogP contribution in [0.15, 0.2) is 18.2 Å². The van der Waals surface area contributed by atoms with Crippen molar-refractivity contribution in [3.05, 3.63) is 34.6 Å². The number of amides is 1. The summed E-state index contributed by atoms with van der Waals surface area (Å²) < 4.78 is 36.5. The zero-order valence-corrected chi connectivity index (χ0v) is 14.0. The second-order valence-corrected chi connectivity index (χ2v) is 8.17. The first-order valence-corrected chi connectivity index (χ1v) is 9.50. The standard InChI is InChI=1S/C15H19ClFNO3S/c1-2-3-7-18(12-6-8-22(20,21)10-12)15(19)13-5-4-11(17)9-14(13)16/h4-5,9,12H,2-3,6-8,10H2,1H3. The third kappa shape index (κ3) is 3.98. The van der Waals surface area contributed by atoms with Gasteiger partial charge < -0.3 is 4.90 Å². The van der Waals surface area contributed by atoms with Crippen molar-refractivity contribution in [1.29, 1.82) is 0 Å². The van der Waals surface area contributed by atoms with Crippen molar-refractivity contribution in [3.63, 3.8) is 0 Å². The van der Waals surface area contributed by atoms with Crippen molar-refractivity contribution in [2.45, 2.75) is 32.2 Å². The van der Waals surface area contributed by atoms with Crippen LogP contribution in [-0.4, -0.2) is 43.3 Å². The number of halogens is 2. The van der Waals surface area contributed by atoms with Gasteiger partial charge in [0.05, 0.1) is 22.1 Å². The first-order valence-electron chi connectivity index (χ1n) is 7.30. The molecule has 0 bridgehead atoms. The molecule has 1 fully saturated rings. The largest absolute Gasteiger partial charge is 0.335 e. The van der Waals surface area contributed by atoms with Gasteiger partial charge in [0.25, 0.3) is 5.91 Å². The summed E-state index contributed by atoms with van der Waals surface area (Å²) in [4.78, 5) is 14.3. The van der Waals surface area contributed by atoms with Gasteiger partial charge in [-0.3, -0.25) is 4.79 Å². The van der Waals surface area contributed by atoms with Crippen LogP contribution in [0.4, 0.5) is 4.39 Å². The molecule has 7 heteroatoms. The third-order valence-corrected chi connectivity index (χ3v) is 5.89. The zero-order valence-electron chi connectivity index (χ0n) is 12.4. The van der Waals surface area contributed by atoms with Gasteiger partial charge in [-0.1, -0.05) is 24.9 Å². The zero-order chi connectivity index (χ0) is 16.3. The second-order valence-electron chi connectivity index (χ2n) is 5.53. The van der Waals surface area contributed by atoms with E-state index in [1.807, 2.05) is 6.92 Å². The number of sulfone groups is 1. The highest BCUT2D eigenvalue weighted by Crippen LogP contribution is 2.24. The number of hydrogen-bond acceptors (Lipinski definition) is 3. The maximum absolute atomic E-state index is 13.1. The second kappa shape index (κ2) is 6.96. The summed E-state index contributed by atoms with van der Waals surface area (Å²) in [6.45, 7) is 2.47. The molecule has 0 aliphatic carbocycles. The van der Waals surface area contributed by atoms with Crippen molar-refractivity contribution >= 4 is 27.3 Å². The lowest BCUT2D eigenvalue weighted by atomic mass is 10.1. The molecule has 0 N–H and O–H groups in total. The lowest BCUT2D eigenvalue weighted by Gasteiger charge is -2.28. The molecule has 0 radical (unpaired) electrons. The fraction of sp³-hybridized carbons (Fsp3) is 0.533. The third-order valence-electron chi connectivity index (χ3n) is 3.82. The number of nitrogens with zero attached hydrogens (tertiary/aromatic N) is 1. The molecule has 22 heavy (non-hydrogen) atoms. The first-order chi connectivity index (χ1) is 10.3. The Hall–Kier alpha value is -1.14. The Bertz CT molecular complexity index is 663. The van der Waals surface area contributed by atoms with Crippen molar-refractivity contribution in [2.24, 2.45) is 0 Å². The Kier molecular flexibility index (Phi) is 5.45. The van der Waals surface area contributed by atoms with Gasteiger partial charge in [0, 0.05) is 12.6 Å². The molecule has 1 amide bonds. The van der Waals surface area contributed by atoms with E-state index in [0.29, 0.717) is 13.0 Å². The normalized spacial score (nSPS) is 20.0. The molecule has 0 aromatic heterocycles. The van der Waals surface area contributed by atoms with E-state index >= 15 is 0 Å². The minimum Gasteiger partial charge on any atom is -0.335 e. The highest BCUT2D eigenvalue weighted by atomic mass is 35.5. The van der Waals surface area contributed by atoms with Crippen molar-refractivity contribution in [3.8, 4) is 0 Å². The van der Waals surface area contributed by atoms with E-state index < -0.39 is 15.7 Å². The van der Waals surface area contributed by atoms with Gasteiger partial charge in [-0.15, -0.1) is 0 Å². The summed E-state index contributed by atoms with van der Waals surface area (Å²) in [6.07, 6.45) is 2.11. The maximum Gasteiger partial charge on any atom is 0.255 e. The van der Waals surface area contributed by atoms with Crippen LogP contribution >= 0.6 is 11.6 Å². The molecule has 1 aromatic carbocycles. The lowest BCUT2D eigenvalue weighted by molar-refractivity contribution is 0.0694. The fourth-order valence-electron chi connectivity index (χ4n) is 2.62. The quantitative estimate of drug-likeness (QED) is 0.823. The Morgan fingerprint density at radius 1 is 1.45 bits per heavy atom. The molecular formula is C15H19ClFNO3S. The SMILES string of the molecule is CCCCN(C(=O)c1ccc(F)cc1Cl)C1CCS(=O)(=O)C1. The van der Waals surface area contributed by atoms with Crippen LogP contribution < -0.4 is 0 Å². The van der Waals surface area contributed by atoms with Crippen LogP contribution in [0.5, 0.6) is 0 Å². The van der Waals surface area contributed by atoms with E-state index in [4.69, 9.17) is 11.6 Å². The van der Waals surface area contributed by atoms with E-state index in [-0.39, 0.29) is 34.0 Å². The molecule has 0 saturated carbocycles. The van der Waals surface area contributed by atoms with Crippen molar-refractivity contribution in [2.75, 3.05) is 18.1 Å². The van der Waals surface area contributed by atoms with E-state index in [0.717, 1.165) is 18.9 Å². The Morgan fingerprint density at radius 2 is 2.18 bits per heavy atom. The Balaban J connectivity index is 2.26. The molecule has 4 nitrogen and oxygen atoms in total. The van der Waals surface area contributed by atoms with Crippen LogP contribution in [-0.2, 0) is 9.84 Å². The molecule has 1 aromatic rings. The molecule has 2 rings (SSSR count). The first kappa shape index (κ1) is 17.2. The smallest absolute Gasteiger partial charge is 0.255 e. The summed E-state index contributed by atoms with van der Waals surface area (Å²) in [5, 5.41) is 0.0485. The van der Waals surface area contributed by atoms with Crippen LogP contribution in [0.25, 0.3) is 0 Å². The average molecular weight is 348 g/mol. The molecule has 1 aliphatic heterocycles. The average Bonchev–Trinajstić information content (AvgIpc) is 2.79. The van der Waals surface area contributed by atoms with Crippen molar-refractivity contribution in [1.82, 2.24) is 4.90 Å². The molecule has 1 unspecified atom stereocenters. The molecule has 0 spiro atoms. The number of rotatable bonds is 5. The lowest BCUT2D eigenvalue weighted by Crippen LogP contribution is -2.41. The van der Waals surface area contributed by atoms with Gasteiger partial charge in [-0.05, 0) is 31.0 Å². The highest BCUT2D eigenvalue weighted by Gasteiger charge is 2.35. The van der Waals surface area contributed by atoms with Crippen LogP contribution in [0.2, 0.25) is 5.02 Å². The number of carbonyl (C=O) groups is 1. The molecule has 1 atom stereocenters. The molecule has 122 valence electrons. The summed E-state index contributed by atoms with van der Waals surface area (Å²) in [6, 6.07) is 3.30. The number of carbonyl (C=O) groups excluding carboxylic acids is 1. The van der Waals surface area contributed by atoms with Gasteiger partial charge in [-0.2, -0.15) is 0 Å². The summed E-state index contributed by atoms with van der Waals surface area (Å²) >= 11 is 5.96. The fourth-order valence-corrected chi connectivity index (χ4v) is 4.60. The van der Waals surface area contributed by atoms with E-state index in [9.17, 15) is 17.6 Å². The predicted octanol–water partition coefficient (Wildman–Crippen LogP) is 2.91. The van der Waals surface area contributed by atoms with Crippen LogP contribution in [0.1, 0.15) is 36.5 Å². The summed E-state index contributed by atoms with van der Waals surface area (Å²) in [7, 11) is -3.08. The minimum absolute atomic E-state index is 0.0126. The number of benzene rings is 1. The topological polar surface area (TPSA) is 54.5 Å². The predicted molar refractivity (Wildman–Crippen MR) is 84.4 cm³/mol. The monoisotopic (exact) mass is 347 g/mol. The highest BCUT2D eigenvalue weighted by molar-refractivity contribution is 7.91. The Morgan fingerprint density at radius 3 is 2.73 bits per heavy atom. The molecule has 1 heterocycles. The molecule has 1 aliphatic rings. The van der Waals surface area contributed by atoms with Gasteiger partial charge in [0.2, 0.25) is 0 Å². The number of unbranched alkanes of at least 4 members (excludes halogenated alkanes) is 1. The van der Waals surface area contributed by atoms with Gasteiger partial charge >= 0.3 is 0 Å². The van der Waals surface area contributed by atoms with Gasteiger partial charge in [0.15, 0.2) is 9.84 Å². The summed E-state index contributed by atoms with van der Waals surface area (Å²) in [5.41, 5.74) is 0.212. The minimum atomic E-state index is -3.08. The van der Waals surface area contributed by atoms with Gasteiger partial charge in [0.1, 0.15) is 5.82 Å². The number of hydrogen-bond donors (Lipinski definition) is 0. The van der Waals surface area contributed by atoms with Crippen molar-refractivity contribution < 1.29 is 17.6 Å². The van der Waals surface area contributed by atoms with E-state index in [2.05, 4.69) is 0 Å². The van der Waals surface area contributed by atoms with Gasteiger partial charge in [-0.25, -0.2) is 12.8 Å². The van der Waals surface area contributed by atoms with Crippen LogP contribution in [0.3, 0.4) is 0 Å². The van der Waals surface area contributed by atoms with E-state index in [1.54, 1.807) is 4.90 Å². The maximum atomic E-state index is 13.1. The van der Waals surface area contributed by atoms with Crippen LogP contribution in [0, 0.1) is 5.82 Å². The Labute approximate surface area is 135 Å². The van der Waals surface area contributed by atoms with E-state index in [1.165, 1.54) is 12.1 Å². The summed E-state index contributed by atoms with van der Waals surface area (Å²) in [5.74, 6) is -0.753.